The van der Waals surface area contributed by atoms with E-state index in [4.69, 9.17) is 4.74 Å². The van der Waals surface area contributed by atoms with Gasteiger partial charge in [0.15, 0.2) is 5.82 Å². The minimum atomic E-state index is -0.0656. The summed E-state index contributed by atoms with van der Waals surface area (Å²) >= 11 is 0. The Morgan fingerprint density at radius 1 is 0.935 bits per heavy atom. The van der Waals surface area contributed by atoms with Crippen molar-refractivity contribution in [3.05, 3.63) is 65.7 Å². The molecule has 2 aromatic carbocycles. The van der Waals surface area contributed by atoms with E-state index in [-0.39, 0.29) is 6.03 Å². The molecule has 0 aliphatic carbocycles. The van der Waals surface area contributed by atoms with Gasteiger partial charge in [-0.25, -0.2) is 4.79 Å². The summed E-state index contributed by atoms with van der Waals surface area (Å²) in [6.07, 6.45) is 0. The van der Waals surface area contributed by atoms with Gasteiger partial charge in [-0.2, -0.15) is 0 Å². The number of nitrogens with zero attached hydrogens (tertiary/aromatic N) is 4. The molecular weight excluding hydrogens is 390 g/mol. The summed E-state index contributed by atoms with van der Waals surface area (Å²) < 4.78 is 5.28. The molecule has 160 valence electrons. The number of rotatable bonds is 4. The van der Waals surface area contributed by atoms with Gasteiger partial charge in [0.05, 0.1) is 12.8 Å². The van der Waals surface area contributed by atoms with Crippen molar-refractivity contribution in [2.24, 2.45) is 0 Å². The van der Waals surface area contributed by atoms with E-state index >= 15 is 0 Å². The summed E-state index contributed by atoms with van der Waals surface area (Å²) in [5, 5.41) is 11.8. The number of aryl methyl sites for hydroxylation is 2. The first-order valence-corrected chi connectivity index (χ1v) is 10.4. The van der Waals surface area contributed by atoms with E-state index in [1.807, 2.05) is 67.3 Å². The van der Waals surface area contributed by atoms with Crippen LogP contribution < -0.4 is 15.0 Å². The quantitative estimate of drug-likeness (QED) is 0.691. The topological polar surface area (TPSA) is 70.6 Å². The second-order valence-corrected chi connectivity index (χ2v) is 7.79. The zero-order valence-corrected chi connectivity index (χ0v) is 18.1. The molecule has 0 spiro atoms. The van der Waals surface area contributed by atoms with Crippen molar-refractivity contribution in [2.45, 2.75) is 13.8 Å². The number of carbonyl (C=O) groups excluding carboxylic acids is 1. The zero-order chi connectivity index (χ0) is 21.8. The molecule has 1 aromatic heterocycles. The molecule has 1 aliphatic rings. The third kappa shape index (κ3) is 4.94. The van der Waals surface area contributed by atoms with Crippen LogP contribution in [0.15, 0.2) is 54.6 Å². The van der Waals surface area contributed by atoms with Gasteiger partial charge >= 0.3 is 6.03 Å². The predicted molar refractivity (Wildman–Crippen MR) is 123 cm³/mol. The summed E-state index contributed by atoms with van der Waals surface area (Å²) in [6, 6.07) is 17.7. The lowest BCUT2D eigenvalue weighted by Crippen LogP contribution is -2.50. The van der Waals surface area contributed by atoms with E-state index in [9.17, 15) is 4.79 Å². The van der Waals surface area contributed by atoms with Crippen molar-refractivity contribution in [1.82, 2.24) is 15.1 Å². The third-order valence-electron chi connectivity index (χ3n) is 5.38. The lowest BCUT2D eigenvalue weighted by Gasteiger charge is -2.35. The summed E-state index contributed by atoms with van der Waals surface area (Å²) in [5.41, 5.74) is 4.87. The van der Waals surface area contributed by atoms with Crippen LogP contribution >= 0.6 is 0 Å². The molecule has 31 heavy (non-hydrogen) atoms. The van der Waals surface area contributed by atoms with Crippen LogP contribution in [-0.2, 0) is 0 Å². The van der Waals surface area contributed by atoms with Gasteiger partial charge < -0.3 is 19.9 Å². The van der Waals surface area contributed by atoms with Crippen LogP contribution in [-0.4, -0.2) is 54.4 Å². The highest BCUT2D eigenvalue weighted by atomic mass is 16.5. The normalized spacial score (nSPS) is 13.8. The maximum atomic E-state index is 12.6. The number of anilines is 2. The van der Waals surface area contributed by atoms with Crippen molar-refractivity contribution >= 4 is 17.5 Å². The number of nitrogens with one attached hydrogen (secondary N) is 1. The van der Waals surface area contributed by atoms with E-state index in [2.05, 4.69) is 26.5 Å². The fourth-order valence-corrected chi connectivity index (χ4v) is 3.82. The van der Waals surface area contributed by atoms with Crippen LogP contribution in [0, 0.1) is 13.8 Å². The number of piperazine rings is 1. The smallest absolute Gasteiger partial charge is 0.321 e. The molecule has 0 atom stereocenters. The van der Waals surface area contributed by atoms with E-state index in [1.54, 1.807) is 7.11 Å². The van der Waals surface area contributed by atoms with Crippen LogP contribution in [0.1, 0.15) is 11.1 Å². The first-order valence-electron chi connectivity index (χ1n) is 10.4. The molecule has 2 amide bonds. The molecule has 0 bridgehead atoms. The molecular formula is C24H27N5O2. The molecule has 1 fully saturated rings. The second-order valence-electron chi connectivity index (χ2n) is 7.79. The zero-order valence-electron chi connectivity index (χ0n) is 18.1. The maximum absolute atomic E-state index is 12.6. The molecule has 1 saturated heterocycles. The van der Waals surface area contributed by atoms with Gasteiger partial charge in [0.1, 0.15) is 5.75 Å². The Balaban J connectivity index is 1.35. The summed E-state index contributed by atoms with van der Waals surface area (Å²) in [4.78, 5) is 16.6. The number of ether oxygens (including phenoxy) is 1. The van der Waals surface area contributed by atoms with Crippen molar-refractivity contribution in [1.29, 1.82) is 0 Å². The Morgan fingerprint density at radius 2 is 1.68 bits per heavy atom. The van der Waals surface area contributed by atoms with Crippen molar-refractivity contribution in [3.8, 4) is 17.0 Å². The number of amides is 2. The molecule has 0 saturated carbocycles. The van der Waals surface area contributed by atoms with Gasteiger partial charge in [-0.1, -0.05) is 18.2 Å². The fraction of sp³-hybridized carbons (Fsp3) is 0.292. The molecule has 7 heteroatoms. The SMILES string of the molecule is COc1cccc(-c2ccc(N3CCN(C(=O)Nc4cc(C)cc(C)c4)CC3)nn2)c1. The second kappa shape index (κ2) is 9.04. The van der Waals surface area contributed by atoms with Crippen molar-refractivity contribution < 1.29 is 9.53 Å². The van der Waals surface area contributed by atoms with Crippen LogP contribution in [0.25, 0.3) is 11.3 Å². The lowest BCUT2D eigenvalue weighted by molar-refractivity contribution is 0.208. The molecule has 0 unspecified atom stereocenters. The standard InChI is InChI=1S/C24H27N5O2/c1-17-13-18(2)15-20(14-17)25-24(30)29-11-9-28(10-12-29)23-8-7-22(26-27-23)19-5-4-6-21(16-19)31-3/h4-8,13-16H,9-12H2,1-3H3,(H,25,30). The molecule has 4 rings (SSSR count). The summed E-state index contributed by atoms with van der Waals surface area (Å²) in [5.74, 6) is 1.61. The van der Waals surface area contributed by atoms with Crippen LogP contribution in [0.3, 0.4) is 0 Å². The Labute approximate surface area is 182 Å². The fourth-order valence-electron chi connectivity index (χ4n) is 3.82. The molecule has 7 nitrogen and oxygen atoms in total. The number of methoxy groups -OCH3 is 1. The Kier molecular flexibility index (Phi) is 6.02. The highest BCUT2D eigenvalue weighted by Crippen LogP contribution is 2.23. The average molecular weight is 418 g/mol. The summed E-state index contributed by atoms with van der Waals surface area (Å²) in [7, 11) is 1.65. The van der Waals surface area contributed by atoms with Gasteiger partial charge in [-0.15, -0.1) is 10.2 Å². The number of hydrogen-bond donors (Lipinski definition) is 1. The van der Waals surface area contributed by atoms with Gasteiger partial charge in [0.25, 0.3) is 0 Å². The van der Waals surface area contributed by atoms with Gasteiger partial charge in [0, 0.05) is 37.4 Å². The van der Waals surface area contributed by atoms with E-state index in [0.717, 1.165) is 39.6 Å². The molecule has 0 radical (unpaired) electrons. The molecule has 1 N–H and O–H groups in total. The number of urea groups is 1. The first kappa shape index (κ1) is 20.7. The highest BCUT2D eigenvalue weighted by molar-refractivity contribution is 5.89. The van der Waals surface area contributed by atoms with Crippen LogP contribution in [0.5, 0.6) is 5.75 Å². The Hall–Kier alpha value is -3.61. The van der Waals surface area contributed by atoms with Crippen molar-refractivity contribution in [2.75, 3.05) is 43.5 Å². The largest absolute Gasteiger partial charge is 0.497 e. The first-order chi connectivity index (χ1) is 15.0. The monoisotopic (exact) mass is 417 g/mol. The van der Waals surface area contributed by atoms with Gasteiger partial charge in [-0.05, 0) is 61.4 Å². The van der Waals surface area contributed by atoms with E-state index in [0.29, 0.717) is 26.2 Å². The minimum absolute atomic E-state index is 0.0656. The highest BCUT2D eigenvalue weighted by Gasteiger charge is 2.22. The molecule has 3 aromatic rings. The number of hydrogen-bond acceptors (Lipinski definition) is 5. The molecule has 2 heterocycles. The lowest BCUT2D eigenvalue weighted by atomic mass is 10.1. The third-order valence-corrected chi connectivity index (χ3v) is 5.38. The van der Waals surface area contributed by atoms with E-state index in [1.165, 1.54) is 0 Å². The van der Waals surface area contributed by atoms with E-state index < -0.39 is 0 Å². The number of benzene rings is 2. The van der Waals surface area contributed by atoms with Gasteiger partial charge in [0.2, 0.25) is 0 Å². The minimum Gasteiger partial charge on any atom is -0.497 e. The van der Waals surface area contributed by atoms with Crippen LogP contribution in [0.2, 0.25) is 0 Å². The van der Waals surface area contributed by atoms with Crippen LogP contribution in [0.4, 0.5) is 16.3 Å². The number of aromatic nitrogens is 2. The molecule has 1 aliphatic heterocycles. The maximum Gasteiger partial charge on any atom is 0.321 e. The van der Waals surface area contributed by atoms with Crippen molar-refractivity contribution in [3.63, 3.8) is 0 Å². The average Bonchev–Trinajstić information content (AvgIpc) is 2.78. The van der Waals surface area contributed by atoms with Gasteiger partial charge in [-0.3, -0.25) is 0 Å². The number of carbonyl (C=O) groups is 1. The Bertz CT molecular complexity index is 1040. The Morgan fingerprint density at radius 3 is 2.32 bits per heavy atom. The summed E-state index contributed by atoms with van der Waals surface area (Å²) in [6.45, 7) is 6.76. The predicted octanol–water partition coefficient (Wildman–Crippen LogP) is 4.12.